The van der Waals surface area contributed by atoms with Crippen LogP contribution in [0.25, 0.3) is 0 Å². The van der Waals surface area contributed by atoms with Crippen molar-refractivity contribution in [2.45, 2.75) is 45.6 Å². The molecule has 1 aliphatic carbocycles. The minimum atomic E-state index is -0.399. The van der Waals surface area contributed by atoms with Crippen molar-refractivity contribution >= 4 is 6.09 Å². The highest BCUT2D eigenvalue weighted by molar-refractivity contribution is 5.68. The summed E-state index contributed by atoms with van der Waals surface area (Å²) in [7, 11) is 0. The van der Waals surface area contributed by atoms with Gasteiger partial charge in [-0.2, -0.15) is 0 Å². The van der Waals surface area contributed by atoms with Gasteiger partial charge in [0.2, 0.25) is 0 Å². The normalized spacial score (nSPS) is 32.2. The highest BCUT2D eigenvalue weighted by Gasteiger charge is 2.39. The summed E-state index contributed by atoms with van der Waals surface area (Å²) in [5, 5.41) is 0. The van der Waals surface area contributed by atoms with Crippen molar-refractivity contribution < 1.29 is 9.53 Å². The molecule has 18 heavy (non-hydrogen) atoms. The van der Waals surface area contributed by atoms with Gasteiger partial charge in [-0.3, -0.25) is 0 Å². The van der Waals surface area contributed by atoms with E-state index in [-0.39, 0.29) is 6.09 Å². The van der Waals surface area contributed by atoms with Crippen molar-refractivity contribution in [3.05, 3.63) is 0 Å². The number of ether oxygens (including phenoxy) is 1. The molecule has 0 aromatic rings. The molecule has 3 unspecified atom stereocenters. The van der Waals surface area contributed by atoms with E-state index in [0.29, 0.717) is 11.8 Å². The molecule has 2 fully saturated rings. The quantitative estimate of drug-likeness (QED) is 0.780. The minimum absolute atomic E-state index is 0.155. The van der Waals surface area contributed by atoms with E-state index in [2.05, 4.69) is 0 Å². The van der Waals surface area contributed by atoms with Gasteiger partial charge in [-0.1, -0.05) is 0 Å². The van der Waals surface area contributed by atoms with Crippen molar-refractivity contribution in [3.8, 4) is 0 Å². The fourth-order valence-corrected chi connectivity index (χ4v) is 3.30. The van der Waals surface area contributed by atoms with E-state index in [9.17, 15) is 4.79 Å². The fraction of sp³-hybridized carbons (Fsp3) is 0.929. The monoisotopic (exact) mass is 254 g/mol. The predicted octanol–water partition coefficient (Wildman–Crippen LogP) is 2.23. The lowest BCUT2D eigenvalue weighted by molar-refractivity contribution is 0.0127. The number of piperidine rings is 1. The number of hydrogen-bond acceptors (Lipinski definition) is 3. The topological polar surface area (TPSA) is 55.6 Å². The average molecular weight is 254 g/mol. The van der Waals surface area contributed by atoms with Crippen LogP contribution in [-0.2, 0) is 4.74 Å². The first-order chi connectivity index (χ1) is 8.39. The van der Waals surface area contributed by atoms with Crippen LogP contribution < -0.4 is 5.73 Å². The number of hydrogen-bond donors (Lipinski definition) is 1. The molecule has 1 aliphatic heterocycles. The number of fused-ring (bicyclic) bond motifs is 1. The lowest BCUT2D eigenvalue weighted by Crippen LogP contribution is -2.44. The fourth-order valence-electron chi connectivity index (χ4n) is 3.30. The number of rotatable bonds is 1. The Hall–Kier alpha value is -0.770. The molecule has 2 rings (SSSR count). The van der Waals surface area contributed by atoms with E-state index in [1.54, 1.807) is 0 Å². The Balaban J connectivity index is 1.89. The molecule has 2 N–H and O–H groups in total. The molecule has 2 aliphatic rings. The van der Waals surface area contributed by atoms with E-state index < -0.39 is 5.60 Å². The molecule has 1 saturated carbocycles. The maximum Gasteiger partial charge on any atom is 0.410 e. The molecule has 4 heteroatoms. The van der Waals surface area contributed by atoms with Crippen LogP contribution in [0.3, 0.4) is 0 Å². The van der Waals surface area contributed by atoms with E-state index in [4.69, 9.17) is 10.5 Å². The number of amides is 1. The molecule has 0 spiro atoms. The molecule has 0 radical (unpaired) electrons. The summed E-state index contributed by atoms with van der Waals surface area (Å²) in [6, 6.07) is 0. The third-order valence-corrected chi connectivity index (χ3v) is 4.15. The Morgan fingerprint density at radius 2 is 2.00 bits per heavy atom. The maximum absolute atomic E-state index is 12.0. The molecule has 0 bridgehead atoms. The van der Waals surface area contributed by atoms with Gasteiger partial charge in [0.05, 0.1) is 0 Å². The van der Waals surface area contributed by atoms with Gasteiger partial charge < -0.3 is 15.4 Å². The highest BCUT2D eigenvalue weighted by atomic mass is 16.6. The third-order valence-electron chi connectivity index (χ3n) is 4.15. The molecule has 4 nitrogen and oxygen atoms in total. The summed E-state index contributed by atoms with van der Waals surface area (Å²) >= 11 is 0. The summed E-state index contributed by atoms with van der Waals surface area (Å²) in [6.45, 7) is 8.23. The standard InChI is InChI=1S/C14H26N2O2/c1-14(2,3)18-13(17)16-5-4-11-6-10(8-15)7-12(11)9-16/h10-12H,4-9,15H2,1-3H3. The Morgan fingerprint density at radius 3 is 2.61 bits per heavy atom. The van der Waals surface area contributed by atoms with Gasteiger partial charge in [0.15, 0.2) is 0 Å². The summed E-state index contributed by atoms with van der Waals surface area (Å²) in [6.07, 6.45) is 3.39. The number of nitrogens with zero attached hydrogens (tertiary/aromatic N) is 1. The Labute approximate surface area is 110 Å². The third kappa shape index (κ3) is 3.16. The zero-order valence-corrected chi connectivity index (χ0v) is 11.8. The van der Waals surface area contributed by atoms with Crippen LogP contribution in [0, 0.1) is 17.8 Å². The van der Waals surface area contributed by atoms with Crippen LogP contribution in [0.15, 0.2) is 0 Å². The van der Waals surface area contributed by atoms with Crippen molar-refractivity contribution in [1.29, 1.82) is 0 Å². The predicted molar refractivity (Wildman–Crippen MR) is 71.2 cm³/mol. The number of carbonyl (C=O) groups is 1. The van der Waals surface area contributed by atoms with E-state index in [1.165, 1.54) is 12.8 Å². The summed E-state index contributed by atoms with van der Waals surface area (Å²) in [4.78, 5) is 13.9. The first-order valence-electron chi connectivity index (χ1n) is 7.07. The van der Waals surface area contributed by atoms with Crippen molar-refractivity contribution in [3.63, 3.8) is 0 Å². The van der Waals surface area contributed by atoms with Crippen molar-refractivity contribution in [2.75, 3.05) is 19.6 Å². The first-order valence-corrected chi connectivity index (χ1v) is 7.07. The van der Waals surface area contributed by atoms with Crippen molar-refractivity contribution in [2.24, 2.45) is 23.5 Å². The van der Waals surface area contributed by atoms with E-state index >= 15 is 0 Å². The SMILES string of the molecule is CC(C)(C)OC(=O)N1CCC2CC(CN)CC2C1. The molecular formula is C14H26N2O2. The van der Waals surface area contributed by atoms with Crippen LogP contribution >= 0.6 is 0 Å². The smallest absolute Gasteiger partial charge is 0.410 e. The number of nitrogens with two attached hydrogens (primary N) is 1. The maximum atomic E-state index is 12.0. The number of carbonyl (C=O) groups excluding carboxylic acids is 1. The van der Waals surface area contributed by atoms with Crippen LogP contribution in [0.2, 0.25) is 0 Å². The Bertz CT molecular complexity index is 311. The number of likely N-dealkylation sites (tertiary alicyclic amines) is 1. The van der Waals surface area contributed by atoms with Gasteiger partial charge in [0, 0.05) is 13.1 Å². The largest absolute Gasteiger partial charge is 0.444 e. The highest BCUT2D eigenvalue weighted by Crippen LogP contribution is 2.41. The van der Waals surface area contributed by atoms with Crippen LogP contribution in [0.4, 0.5) is 4.79 Å². The zero-order chi connectivity index (χ0) is 13.3. The molecule has 1 amide bonds. The second-order valence-corrected chi connectivity index (χ2v) is 6.81. The second-order valence-electron chi connectivity index (χ2n) is 6.81. The van der Waals surface area contributed by atoms with Gasteiger partial charge >= 0.3 is 6.09 Å². The molecular weight excluding hydrogens is 228 g/mol. The minimum Gasteiger partial charge on any atom is -0.444 e. The van der Waals surface area contributed by atoms with Crippen LogP contribution in [0.5, 0.6) is 0 Å². The van der Waals surface area contributed by atoms with Gasteiger partial charge in [-0.05, 0) is 64.3 Å². The van der Waals surface area contributed by atoms with Crippen molar-refractivity contribution in [1.82, 2.24) is 4.90 Å². The molecule has 1 heterocycles. The van der Waals surface area contributed by atoms with Crippen LogP contribution in [0.1, 0.15) is 40.0 Å². The lowest BCUT2D eigenvalue weighted by atomic mass is 9.89. The van der Waals surface area contributed by atoms with Gasteiger partial charge in [0.1, 0.15) is 5.60 Å². The second kappa shape index (κ2) is 5.08. The zero-order valence-electron chi connectivity index (χ0n) is 11.8. The summed E-state index contributed by atoms with van der Waals surface area (Å²) in [5.41, 5.74) is 5.36. The van der Waals surface area contributed by atoms with E-state index in [1.807, 2.05) is 25.7 Å². The molecule has 1 saturated heterocycles. The average Bonchev–Trinajstić information content (AvgIpc) is 2.68. The van der Waals surface area contributed by atoms with Gasteiger partial charge in [-0.25, -0.2) is 4.79 Å². The lowest BCUT2D eigenvalue weighted by Gasteiger charge is -2.35. The molecule has 3 atom stereocenters. The Morgan fingerprint density at radius 1 is 1.33 bits per heavy atom. The molecule has 0 aromatic heterocycles. The Kier molecular flexibility index (Phi) is 3.85. The van der Waals surface area contributed by atoms with Crippen LogP contribution in [-0.4, -0.2) is 36.2 Å². The summed E-state index contributed by atoms with van der Waals surface area (Å²) in [5.74, 6) is 2.08. The van der Waals surface area contributed by atoms with E-state index in [0.717, 1.165) is 32.0 Å². The van der Waals surface area contributed by atoms with Gasteiger partial charge in [0.25, 0.3) is 0 Å². The molecule has 0 aromatic carbocycles. The van der Waals surface area contributed by atoms with Gasteiger partial charge in [-0.15, -0.1) is 0 Å². The first kappa shape index (κ1) is 13.7. The summed E-state index contributed by atoms with van der Waals surface area (Å²) < 4.78 is 5.44. The molecule has 104 valence electrons.